The Hall–Kier alpha value is -3.84. The van der Waals surface area contributed by atoms with Crippen molar-refractivity contribution in [3.8, 4) is 22.5 Å². The van der Waals surface area contributed by atoms with Crippen molar-refractivity contribution in [1.29, 1.82) is 0 Å². The van der Waals surface area contributed by atoms with Gasteiger partial charge in [-0.2, -0.15) is 0 Å². The third-order valence-electron chi connectivity index (χ3n) is 6.09. The van der Waals surface area contributed by atoms with Crippen LogP contribution in [0.15, 0.2) is 66.9 Å². The van der Waals surface area contributed by atoms with Crippen molar-refractivity contribution in [2.24, 2.45) is 0 Å². The van der Waals surface area contributed by atoms with Crippen LogP contribution in [0.2, 0.25) is 0 Å². The van der Waals surface area contributed by atoms with E-state index in [9.17, 15) is 9.90 Å². The van der Waals surface area contributed by atoms with Gasteiger partial charge in [0.25, 0.3) is 5.91 Å². The lowest BCUT2D eigenvalue weighted by molar-refractivity contribution is 0.0864. The molecule has 0 saturated heterocycles. The number of fused-ring (bicyclic) bond motifs is 1. The molecule has 2 heterocycles. The van der Waals surface area contributed by atoms with Crippen LogP contribution >= 0.6 is 0 Å². The molecule has 0 aliphatic heterocycles. The zero-order valence-corrected chi connectivity index (χ0v) is 18.1. The Morgan fingerprint density at radius 2 is 1.67 bits per heavy atom. The summed E-state index contributed by atoms with van der Waals surface area (Å²) in [6, 6.07) is 19.4. The zero-order valence-electron chi connectivity index (χ0n) is 18.1. The summed E-state index contributed by atoms with van der Waals surface area (Å²) >= 11 is 0. The molecule has 1 amide bonds. The van der Waals surface area contributed by atoms with Crippen LogP contribution in [-0.4, -0.2) is 38.1 Å². The second-order valence-corrected chi connectivity index (χ2v) is 8.41. The van der Waals surface area contributed by atoms with E-state index in [0.29, 0.717) is 24.2 Å². The topological polar surface area (TPSA) is 114 Å². The van der Waals surface area contributed by atoms with E-state index in [4.69, 9.17) is 10.7 Å². The molecule has 4 aromatic rings. The highest BCUT2D eigenvalue weighted by molar-refractivity contribution is 5.98. The summed E-state index contributed by atoms with van der Waals surface area (Å²) in [5, 5.41) is 13.7. The normalized spacial score (nSPS) is 18.2. The van der Waals surface area contributed by atoms with Gasteiger partial charge in [-0.1, -0.05) is 42.5 Å². The average Bonchev–Trinajstić information content (AvgIpc) is 2.85. The van der Waals surface area contributed by atoms with E-state index < -0.39 is 0 Å². The van der Waals surface area contributed by atoms with Crippen molar-refractivity contribution in [2.75, 3.05) is 5.73 Å². The Kier molecular flexibility index (Phi) is 5.71. The van der Waals surface area contributed by atoms with Crippen molar-refractivity contribution in [3.63, 3.8) is 0 Å². The fourth-order valence-corrected chi connectivity index (χ4v) is 4.31. The molecule has 33 heavy (non-hydrogen) atoms. The molecular weight excluding hydrogens is 414 g/mol. The maximum absolute atomic E-state index is 13.1. The number of benzene rings is 2. The maximum atomic E-state index is 13.1. The summed E-state index contributed by atoms with van der Waals surface area (Å²) < 4.78 is 0. The van der Waals surface area contributed by atoms with Crippen LogP contribution in [0.1, 0.15) is 36.2 Å². The number of carbonyl (C=O) groups excluding carboxylic acids is 1. The summed E-state index contributed by atoms with van der Waals surface area (Å²) in [6.45, 7) is 0. The zero-order chi connectivity index (χ0) is 22.8. The maximum Gasteiger partial charge on any atom is 0.273 e. The first-order chi connectivity index (χ1) is 16.1. The van der Waals surface area contributed by atoms with Gasteiger partial charge in [-0.15, -0.1) is 0 Å². The van der Waals surface area contributed by atoms with Crippen LogP contribution < -0.4 is 11.1 Å². The van der Waals surface area contributed by atoms with Gasteiger partial charge in [0, 0.05) is 28.8 Å². The lowest BCUT2D eigenvalue weighted by Crippen LogP contribution is -2.39. The molecule has 1 aliphatic carbocycles. The summed E-state index contributed by atoms with van der Waals surface area (Å²) in [7, 11) is 0. The molecule has 0 unspecified atom stereocenters. The molecular formula is C26H25N5O2. The second-order valence-electron chi connectivity index (χ2n) is 8.41. The van der Waals surface area contributed by atoms with Gasteiger partial charge in [-0.3, -0.25) is 9.78 Å². The standard InChI is InChI=1S/C26H25N5O2/c27-25-24(26(33)29-19-9-11-20(32)12-10-19)30-23(22(31-25)16-5-2-1-3-6-16)18-8-13-21-17(15-18)7-4-14-28-21/h1-8,13-15,19-20,32H,9-12H2,(H2,27,31)(H,29,33). The van der Waals surface area contributed by atoms with Gasteiger partial charge < -0.3 is 16.2 Å². The SMILES string of the molecule is Nc1nc(-c2ccccc2)c(-c2ccc3ncccc3c2)nc1C(=O)NC1CCC(O)CC1. The van der Waals surface area contributed by atoms with Gasteiger partial charge in [0.05, 0.1) is 23.0 Å². The molecule has 7 nitrogen and oxygen atoms in total. The van der Waals surface area contributed by atoms with Gasteiger partial charge in [0.2, 0.25) is 0 Å². The average molecular weight is 440 g/mol. The summed E-state index contributed by atoms with van der Waals surface area (Å²) in [5.74, 6) is -0.252. The van der Waals surface area contributed by atoms with Crippen LogP contribution in [-0.2, 0) is 0 Å². The molecule has 2 aromatic heterocycles. The molecule has 1 saturated carbocycles. The number of amides is 1. The number of pyridine rings is 1. The Bertz CT molecular complexity index is 1300. The number of nitrogen functional groups attached to an aromatic ring is 1. The quantitative estimate of drug-likeness (QED) is 0.443. The third-order valence-corrected chi connectivity index (χ3v) is 6.09. The Morgan fingerprint density at radius 3 is 2.45 bits per heavy atom. The van der Waals surface area contributed by atoms with Crippen molar-refractivity contribution in [2.45, 2.75) is 37.8 Å². The number of nitrogens with zero attached hydrogens (tertiary/aromatic N) is 3. The van der Waals surface area contributed by atoms with E-state index in [-0.39, 0.29) is 29.6 Å². The van der Waals surface area contributed by atoms with E-state index in [1.54, 1.807) is 6.20 Å². The number of rotatable bonds is 4. The second kappa shape index (κ2) is 8.96. The first-order valence-electron chi connectivity index (χ1n) is 11.2. The minimum atomic E-state index is -0.343. The van der Waals surface area contributed by atoms with Crippen LogP contribution in [0.3, 0.4) is 0 Å². The van der Waals surface area contributed by atoms with Crippen molar-refractivity contribution >= 4 is 22.6 Å². The number of aromatic nitrogens is 3. The number of aliphatic hydroxyl groups excluding tert-OH is 1. The van der Waals surface area contributed by atoms with Gasteiger partial charge in [-0.25, -0.2) is 9.97 Å². The number of aliphatic hydroxyl groups is 1. The van der Waals surface area contributed by atoms with Gasteiger partial charge in [0.1, 0.15) is 0 Å². The predicted molar refractivity (Wildman–Crippen MR) is 128 cm³/mol. The first kappa shape index (κ1) is 21.0. The molecule has 4 N–H and O–H groups in total. The lowest BCUT2D eigenvalue weighted by Gasteiger charge is -2.26. The highest BCUT2D eigenvalue weighted by Gasteiger charge is 2.25. The highest BCUT2D eigenvalue weighted by atomic mass is 16.3. The number of nitrogens with two attached hydrogens (primary N) is 1. The molecule has 1 aliphatic rings. The van der Waals surface area contributed by atoms with E-state index in [1.165, 1.54) is 0 Å². The minimum Gasteiger partial charge on any atom is -0.393 e. The molecule has 0 atom stereocenters. The Balaban J connectivity index is 1.58. The number of anilines is 1. The molecule has 166 valence electrons. The molecule has 1 fully saturated rings. The van der Waals surface area contributed by atoms with Crippen LogP contribution in [0.4, 0.5) is 5.82 Å². The summed E-state index contributed by atoms with van der Waals surface area (Å²) in [6.07, 6.45) is 4.28. The summed E-state index contributed by atoms with van der Waals surface area (Å²) in [4.78, 5) is 26.8. The largest absolute Gasteiger partial charge is 0.393 e. The van der Waals surface area contributed by atoms with E-state index in [2.05, 4.69) is 15.3 Å². The van der Waals surface area contributed by atoms with E-state index >= 15 is 0 Å². The van der Waals surface area contributed by atoms with Crippen LogP contribution in [0.25, 0.3) is 33.4 Å². The van der Waals surface area contributed by atoms with E-state index in [0.717, 1.165) is 34.9 Å². The number of hydrogen-bond donors (Lipinski definition) is 3. The fraction of sp³-hybridized carbons (Fsp3) is 0.231. The molecule has 0 bridgehead atoms. The van der Waals surface area contributed by atoms with Crippen LogP contribution in [0, 0.1) is 0 Å². The molecule has 2 aromatic carbocycles. The number of carbonyl (C=O) groups is 1. The Morgan fingerprint density at radius 1 is 0.909 bits per heavy atom. The Labute approximate surface area is 191 Å². The van der Waals surface area contributed by atoms with Crippen molar-refractivity contribution < 1.29 is 9.90 Å². The molecule has 7 heteroatoms. The van der Waals surface area contributed by atoms with Crippen LogP contribution in [0.5, 0.6) is 0 Å². The molecule has 0 radical (unpaired) electrons. The van der Waals surface area contributed by atoms with Gasteiger partial charge in [-0.05, 0) is 43.9 Å². The highest BCUT2D eigenvalue weighted by Crippen LogP contribution is 2.32. The summed E-state index contributed by atoms with van der Waals surface area (Å²) in [5.41, 5.74) is 10.1. The fourth-order valence-electron chi connectivity index (χ4n) is 4.31. The van der Waals surface area contributed by atoms with Crippen molar-refractivity contribution in [3.05, 3.63) is 72.6 Å². The minimum absolute atomic E-state index is 0.00825. The smallest absolute Gasteiger partial charge is 0.273 e. The predicted octanol–water partition coefficient (Wildman–Crippen LogP) is 3.97. The lowest BCUT2D eigenvalue weighted by atomic mass is 9.93. The van der Waals surface area contributed by atoms with E-state index in [1.807, 2.05) is 60.7 Å². The number of hydrogen-bond acceptors (Lipinski definition) is 6. The van der Waals surface area contributed by atoms with Gasteiger partial charge in [0.15, 0.2) is 11.5 Å². The molecule has 0 spiro atoms. The first-order valence-corrected chi connectivity index (χ1v) is 11.2. The molecule has 5 rings (SSSR count). The third kappa shape index (κ3) is 4.40. The monoisotopic (exact) mass is 439 g/mol. The van der Waals surface area contributed by atoms with Gasteiger partial charge >= 0.3 is 0 Å². The van der Waals surface area contributed by atoms with Crippen molar-refractivity contribution in [1.82, 2.24) is 20.3 Å². The number of nitrogens with one attached hydrogen (secondary N) is 1.